The number of hydrogen-bond acceptors (Lipinski definition) is 5. The molecule has 3 aromatic rings. The number of carbonyl (C=O) groups excluding carboxylic acids is 1. The molecular weight excluding hydrogens is 458 g/mol. The number of methoxy groups -OCH3 is 1. The summed E-state index contributed by atoms with van der Waals surface area (Å²) in [7, 11) is 1.67. The number of anilines is 1. The molecule has 0 radical (unpaired) electrons. The average Bonchev–Trinajstić information content (AvgIpc) is 3.07. The van der Waals surface area contributed by atoms with Crippen molar-refractivity contribution >= 4 is 27.5 Å². The van der Waals surface area contributed by atoms with E-state index in [-0.39, 0.29) is 5.91 Å². The van der Waals surface area contributed by atoms with Gasteiger partial charge in [0.2, 0.25) is 5.88 Å². The topological polar surface area (TPSA) is 54.9 Å². The lowest BCUT2D eigenvalue weighted by molar-refractivity contribution is 0.0766. The molecule has 1 aliphatic rings. The fraction of sp³-hybridized carbons (Fsp3) is 0.250. The van der Waals surface area contributed by atoms with Gasteiger partial charge in [-0.2, -0.15) is 0 Å². The van der Waals surface area contributed by atoms with Crippen LogP contribution < -0.4 is 14.4 Å². The van der Waals surface area contributed by atoms with Crippen molar-refractivity contribution in [2.24, 2.45) is 0 Å². The molecule has 1 amide bonds. The van der Waals surface area contributed by atoms with Crippen molar-refractivity contribution in [2.75, 3.05) is 38.2 Å². The maximum atomic E-state index is 13.0. The summed E-state index contributed by atoms with van der Waals surface area (Å²) in [6, 6.07) is 19.1. The number of aromatic nitrogens is 1. The molecule has 6 nitrogen and oxygen atoms in total. The Balaban J connectivity index is 1.37. The molecule has 0 bridgehead atoms. The molecule has 0 N–H and O–H groups in total. The zero-order valence-corrected chi connectivity index (χ0v) is 18.9. The van der Waals surface area contributed by atoms with Gasteiger partial charge < -0.3 is 19.3 Å². The molecule has 7 heteroatoms. The first-order chi connectivity index (χ1) is 15.1. The predicted molar refractivity (Wildman–Crippen MR) is 124 cm³/mol. The van der Waals surface area contributed by atoms with Gasteiger partial charge in [0.15, 0.2) is 0 Å². The first-order valence-electron chi connectivity index (χ1n) is 10.2. The van der Waals surface area contributed by atoms with Crippen molar-refractivity contribution in [1.29, 1.82) is 0 Å². The highest BCUT2D eigenvalue weighted by molar-refractivity contribution is 9.10. The fourth-order valence-corrected chi connectivity index (χ4v) is 3.81. The molecule has 2 aromatic carbocycles. The third-order valence-corrected chi connectivity index (χ3v) is 5.77. The Labute approximate surface area is 190 Å². The largest absolute Gasteiger partial charge is 0.497 e. The number of rotatable bonds is 5. The van der Waals surface area contributed by atoms with Crippen LogP contribution in [0.2, 0.25) is 0 Å². The molecule has 0 aliphatic carbocycles. The van der Waals surface area contributed by atoms with E-state index in [9.17, 15) is 4.79 Å². The summed E-state index contributed by atoms with van der Waals surface area (Å²) in [6.07, 6.45) is 2.50. The molecule has 1 saturated heterocycles. The Kier molecular flexibility index (Phi) is 6.72. The second kappa shape index (κ2) is 9.83. The van der Waals surface area contributed by atoms with E-state index in [0.29, 0.717) is 23.7 Å². The molecule has 0 unspecified atom stereocenters. The van der Waals surface area contributed by atoms with E-state index in [4.69, 9.17) is 9.47 Å². The summed E-state index contributed by atoms with van der Waals surface area (Å²) in [4.78, 5) is 21.5. The normalized spacial score (nSPS) is 14.1. The molecular formula is C24H24BrN3O3. The van der Waals surface area contributed by atoms with Crippen molar-refractivity contribution < 1.29 is 14.3 Å². The van der Waals surface area contributed by atoms with Crippen LogP contribution in [0.5, 0.6) is 17.4 Å². The minimum absolute atomic E-state index is 0.000674. The minimum atomic E-state index is -0.000674. The Morgan fingerprint density at radius 1 is 0.903 bits per heavy atom. The minimum Gasteiger partial charge on any atom is -0.497 e. The van der Waals surface area contributed by atoms with Gasteiger partial charge in [-0.3, -0.25) is 4.79 Å². The van der Waals surface area contributed by atoms with Crippen molar-refractivity contribution in [3.05, 3.63) is 76.9 Å². The van der Waals surface area contributed by atoms with E-state index in [1.54, 1.807) is 25.4 Å². The van der Waals surface area contributed by atoms with E-state index >= 15 is 0 Å². The molecule has 160 valence electrons. The van der Waals surface area contributed by atoms with Gasteiger partial charge >= 0.3 is 0 Å². The van der Waals surface area contributed by atoms with Crippen LogP contribution in [0.1, 0.15) is 16.8 Å². The Morgan fingerprint density at radius 2 is 1.65 bits per heavy atom. The maximum absolute atomic E-state index is 13.0. The Hall–Kier alpha value is -3.06. The third kappa shape index (κ3) is 5.35. The van der Waals surface area contributed by atoms with Crippen LogP contribution in [0.15, 0.2) is 71.3 Å². The zero-order chi connectivity index (χ0) is 21.6. The SMILES string of the molecule is COc1ccc(N2CCCN(C(=O)c3ccc(Oc4ccc(Br)cc4)nc3)CC2)cc1. The summed E-state index contributed by atoms with van der Waals surface area (Å²) >= 11 is 3.40. The Morgan fingerprint density at radius 3 is 2.32 bits per heavy atom. The number of nitrogens with zero attached hydrogens (tertiary/aromatic N) is 3. The molecule has 1 fully saturated rings. The first kappa shape index (κ1) is 21.2. The standard InChI is InChI=1S/C24H24BrN3O3/c1-30-21-10-6-20(7-11-21)27-13-2-14-28(16-15-27)24(29)18-3-12-23(26-17-18)31-22-8-4-19(25)5-9-22/h3-12,17H,2,13-16H2,1H3. The van der Waals surface area contributed by atoms with Crippen LogP contribution in [-0.2, 0) is 0 Å². The summed E-state index contributed by atoms with van der Waals surface area (Å²) in [5.74, 6) is 2.00. The highest BCUT2D eigenvalue weighted by atomic mass is 79.9. The van der Waals surface area contributed by atoms with Crippen molar-refractivity contribution in [2.45, 2.75) is 6.42 Å². The summed E-state index contributed by atoms with van der Waals surface area (Å²) < 4.78 is 12.0. The van der Waals surface area contributed by atoms with E-state index in [2.05, 4.69) is 37.9 Å². The van der Waals surface area contributed by atoms with Crippen LogP contribution >= 0.6 is 15.9 Å². The number of halogens is 1. The first-order valence-corrected chi connectivity index (χ1v) is 11.0. The summed E-state index contributed by atoms with van der Waals surface area (Å²) in [5, 5.41) is 0. The van der Waals surface area contributed by atoms with E-state index in [0.717, 1.165) is 42.0 Å². The highest BCUT2D eigenvalue weighted by Crippen LogP contribution is 2.23. The molecule has 31 heavy (non-hydrogen) atoms. The van der Waals surface area contributed by atoms with Crippen LogP contribution in [0.25, 0.3) is 0 Å². The zero-order valence-electron chi connectivity index (χ0n) is 17.3. The van der Waals surface area contributed by atoms with E-state index in [1.807, 2.05) is 41.3 Å². The van der Waals surface area contributed by atoms with E-state index < -0.39 is 0 Å². The van der Waals surface area contributed by atoms with Gasteiger partial charge in [0.1, 0.15) is 11.5 Å². The van der Waals surface area contributed by atoms with Gasteiger partial charge in [-0.25, -0.2) is 4.98 Å². The van der Waals surface area contributed by atoms with Crippen LogP contribution in [-0.4, -0.2) is 49.1 Å². The maximum Gasteiger partial charge on any atom is 0.255 e. The molecule has 0 saturated carbocycles. The summed E-state index contributed by atoms with van der Waals surface area (Å²) in [6.45, 7) is 3.09. The molecule has 0 atom stereocenters. The molecule has 1 aromatic heterocycles. The number of benzene rings is 2. The van der Waals surface area contributed by atoms with Crippen LogP contribution in [0, 0.1) is 0 Å². The second-order valence-electron chi connectivity index (χ2n) is 7.27. The van der Waals surface area contributed by atoms with Gasteiger partial charge in [0.05, 0.1) is 12.7 Å². The van der Waals surface area contributed by atoms with Crippen molar-refractivity contribution in [1.82, 2.24) is 9.88 Å². The monoisotopic (exact) mass is 481 g/mol. The van der Waals surface area contributed by atoms with Crippen LogP contribution in [0.3, 0.4) is 0 Å². The van der Waals surface area contributed by atoms with Crippen molar-refractivity contribution in [3.8, 4) is 17.4 Å². The third-order valence-electron chi connectivity index (χ3n) is 5.24. The lowest BCUT2D eigenvalue weighted by atomic mass is 10.2. The highest BCUT2D eigenvalue weighted by Gasteiger charge is 2.21. The molecule has 0 spiro atoms. The molecule has 4 rings (SSSR count). The number of hydrogen-bond donors (Lipinski definition) is 0. The lowest BCUT2D eigenvalue weighted by Crippen LogP contribution is -2.35. The average molecular weight is 482 g/mol. The van der Waals surface area contributed by atoms with Gasteiger partial charge in [0.25, 0.3) is 5.91 Å². The van der Waals surface area contributed by atoms with Gasteiger partial charge in [-0.15, -0.1) is 0 Å². The van der Waals surface area contributed by atoms with Crippen molar-refractivity contribution in [3.63, 3.8) is 0 Å². The number of ether oxygens (including phenoxy) is 2. The number of pyridine rings is 1. The van der Waals surface area contributed by atoms with Crippen LogP contribution in [0.4, 0.5) is 5.69 Å². The lowest BCUT2D eigenvalue weighted by Gasteiger charge is -2.24. The van der Waals surface area contributed by atoms with Gasteiger partial charge in [-0.05, 0) is 61.0 Å². The summed E-state index contributed by atoms with van der Waals surface area (Å²) in [5.41, 5.74) is 1.72. The number of carbonyl (C=O) groups is 1. The second-order valence-corrected chi connectivity index (χ2v) is 8.19. The Bertz CT molecular complexity index is 1010. The molecule has 1 aliphatic heterocycles. The van der Waals surface area contributed by atoms with E-state index in [1.165, 1.54) is 0 Å². The number of amides is 1. The van der Waals surface area contributed by atoms with Gasteiger partial charge in [-0.1, -0.05) is 15.9 Å². The quantitative estimate of drug-likeness (QED) is 0.513. The predicted octanol–water partition coefficient (Wildman–Crippen LogP) is 5.00. The fourth-order valence-electron chi connectivity index (χ4n) is 3.54. The molecule has 2 heterocycles. The van der Waals surface area contributed by atoms with Gasteiger partial charge in [0, 0.05) is 48.6 Å². The smallest absolute Gasteiger partial charge is 0.255 e.